The number of carbonyl (C=O) groups is 1. The number of benzene rings is 1. The fourth-order valence-electron chi connectivity index (χ4n) is 3.05. The summed E-state index contributed by atoms with van der Waals surface area (Å²) in [5.41, 5.74) is 0.717. The lowest BCUT2D eigenvalue weighted by Gasteiger charge is -2.32. The van der Waals surface area contributed by atoms with Crippen LogP contribution in [0.2, 0.25) is 5.02 Å². The molecular formula is C16H22ClNO. The van der Waals surface area contributed by atoms with E-state index in [0.29, 0.717) is 17.0 Å². The quantitative estimate of drug-likeness (QED) is 0.776. The molecule has 0 aliphatic carbocycles. The van der Waals surface area contributed by atoms with Crippen LogP contribution in [-0.4, -0.2) is 29.3 Å². The standard InChI is InChI=1S/C16H22ClNO/c1-11(2)15-8-5-9-18(15)12(3)16(19)13-6-4-7-14(17)10-13/h4,6-7,10-12,15H,5,8-9H2,1-3H3. The summed E-state index contributed by atoms with van der Waals surface area (Å²) in [5, 5.41) is 0.625. The number of Topliss-reactive ketones (excluding diaryl/α,β-unsaturated/α-hetero) is 1. The molecule has 2 atom stereocenters. The largest absolute Gasteiger partial charge is 0.292 e. The Balaban J connectivity index is 2.15. The molecular weight excluding hydrogens is 258 g/mol. The second-order valence-corrected chi connectivity index (χ2v) is 6.18. The number of hydrogen-bond acceptors (Lipinski definition) is 2. The summed E-state index contributed by atoms with van der Waals surface area (Å²) >= 11 is 5.97. The van der Waals surface area contributed by atoms with Gasteiger partial charge in [0, 0.05) is 16.6 Å². The molecule has 2 nitrogen and oxygen atoms in total. The van der Waals surface area contributed by atoms with E-state index in [1.807, 2.05) is 19.1 Å². The van der Waals surface area contributed by atoms with Gasteiger partial charge in [-0.3, -0.25) is 9.69 Å². The Morgan fingerprint density at radius 2 is 2.11 bits per heavy atom. The highest BCUT2D eigenvalue weighted by molar-refractivity contribution is 6.31. The van der Waals surface area contributed by atoms with E-state index in [4.69, 9.17) is 11.6 Å². The van der Waals surface area contributed by atoms with Gasteiger partial charge in [-0.15, -0.1) is 0 Å². The summed E-state index contributed by atoms with van der Waals surface area (Å²) in [4.78, 5) is 14.9. The molecule has 0 bridgehead atoms. The van der Waals surface area contributed by atoms with Gasteiger partial charge in [-0.2, -0.15) is 0 Å². The van der Waals surface area contributed by atoms with Crippen LogP contribution in [0.25, 0.3) is 0 Å². The number of halogens is 1. The van der Waals surface area contributed by atoms with Gasteiger partial charge in [0.1, 0.15) is 0 Å². The number of ketones is 1. The fourth-order valence-corrected chi connectivity index (χ4v) is 3.24. The molecule has 2 unspecified atom stereocenters. The third-order valence-corrected chi connectivity index (χ3v) is 4.33. The summed E-state index contributed by atoms with van der Waals surface area (Å²) in [7, 11) is 0. The van der Waals surface area contributed by atoms with Gasteiger partial charge in [0.25, 0.3) is 0 Å². The Morgan fingerprint density at radius 1 is 1.37 bits per heavy atom. The van der Waals surface area contributed by atoms with Crippen molar-refractivity contribution in [3.8, 4) is 0 Å². The summed E-state index contributed by atoms with van der Waals surface area (Å²) in [6.45, 7) is 7.51. The summed E-state index contributed by atoms with van der Waals surface area (Å²) in [6, 6.07) is 7.72. The second-order valence-electron chi connectivity index (χ2n) is 5.74. The minimum atomic E-state index is -0.0617. The molecule has 0 aromatic heterocycles. The molecule has 1 aromatic carbocycles. The van der Waals surface area contributed by atoms with Gasteiger partial charge in [0.05, 0.1) is 6.04 Å². The monoisotopic (exact) mass is 279 g/mol. The molecule has 1 saturated heterocycles. The van der Waals surface area contributed by atoms with Gasteiger partial charge in [0.15, 0.2) is 5.78 Å². The second kappa shape index (κ2) is 6.06. The van der Waals surface area contributed by atoms with Crippen molar-refractivity contribution in [2.75, 3.05) is 6.54 Å². The molecule has 1 heterocycles. The van der Waals surface area contributed by atoms with Crippen LogP contribution in [0, 0.1) is 5.92 Å². The molecule has 1 aliphatic rings. The predicted octanol–water partition coefficient (Wildman–Crippen LogP) is 4.03. The zero-order chi connectivity index (χ0) is 14.0. The molecule has 3 heteroatoms. The highest BCUT2D eigenvalue weighted by Crippen LogP contribution is 2.27. The smallest absolute Gasteiger partial charge is 0.179 e. The number of hydrogen-bond donors (Lipinski definition) is 0. The molecule has 0 amide bonds. The van der Waals surface area contributed by atoms with Crippen molar-refractivity contribution in [2.24, 2.45) is 5.92 Å². The summed E-state index contributed by atoms with van der Waals surface area (Å²) in [6.07, 6.45) is 2.39. The average Bonchev–Trinajstić information content (AvgIpc) is 2.86. The number of likely N-dealkylation sites (tertiary alicyclic amines) is 1. The molecule has 0 N–H and O–H groups in total. The highest BCUT2D eigenvalue weighted by Gasteiger charge is 2.33. The lowest BCUT2D eigenvalue weighted by atomic mass is 9.98. The van der Waals surface area contributed by atoms with Gasteiger partial charge in [-0.1, -0.05) is 37.6 Å². The van der Waals surface area contributed by atoms with Crippen molar-refractivity contribution >= 4 is 17.4 Å². The first-order valence-corrected chi connectivity index (χ1v) is 7.44. The van der Waals surface area contributed by atoms with Gasteiger partial charge in [-0.05, 0) is 44.4 Å². The van der Waals surface area contributed by atoms with E-state index in [9.17, 15) is 4.79 Å². The van der Waals surface area contributed by atoms with Gasteiger partial charge in [0.2, 0.25) is 0 Å². The van der Waals surface area contributed by atoms with E-state index in [1.165, 1.54) is 12.8 Å². The first-order valence-electron chi connectivity index (χ1n) is 7.06. The Hall–Kier alpha value is -0.860. The van der Waals surface area contributed by atoms with Gasteiger partial charge < -0.3 is 0 Å². The summed E-state index contributed by atoms with van der Waals surface area (Å²) < 4.78 is 0. The minimum absolute atomic E-state index is 0.0617. The Labute approximate surface area is 120 Å². The average molecular weight is 280 g/mol. The van der Waals surface area contributed by atoms with Crippen LogP contribution in [0.3, 0.4) is 0 Å². The van der Waals surface area contributed by atoms with Crippen LogP contribution in [-0.2, 0) is 0 Å². The van der Waals surface area contributed by atoms with Crippen LogP contribution in [0.4, 0.5) is 0 Å². The van der Waals surface area contributed by atoms with Crippen LogP contribution >= 0.6 is 11.6 Å². The molecule has 0 spiro atoms. The van der Waals surface area contributed by atoms with Crippen molar-refractivity contribution < 1.29 is 4.79 Å². The maximum absolute atomic E-state index is 12.6. The van der Waals surface area contributed by atoms with Gasteiger partial charge in [-0.25, -0.2) is 0 Å². The van der Waals surface area contributed by atoms with Gasteiger partial charge >= 0.3 is 0 Å². The lowest BCUT2D eigenvalue weighted by Crippen LogP contribution is -2.44. The van der Waals surface area contributed by atoms with Crippen molar-refractivity contribution in [1.29, 1.82) is 0 Å². The third kappa shape index (κ3) is 3.18. The van der Waals surface area contributed by atoms with Crippen LogP contribution in [0.5, 0.6) is 0 Å². The topological polar surface area (TPSA) is 20.3 Å². The van der Waals surface area contributed by atoms with Crippen LogP contribution in [0.1, 0.15) is 44.0 Å². The number of rotatable bonds is 4. The van der Waals surface area contributed by atoms with Crippen molar-refractivity contribution in [2.45, 2.75) is 45.7 Å². The molecule has 19 heavy (non-hydrogen) atoms. The number of nitrogens with zero attached hydrogens (tertiary/aromatic N) is 1. The highest BCUT2D eigenvalue weighted by atomic mass is 35.5. The summed E-state index contributed by atoms with van der Waals surface area (Å²) in [5.74, 6) is 0.771. The lowest BCUT2D eigenvalue weighted by molar-refractivity contribution is 0.0785. The Morgan fingerprint density at radius 3 is 2.74 bits per heavy atom. The van der Waals surface area contributed by atoms with E-state index in [0.717, 1.165) is 12.1 Å². The van der Waals surface area contributed by atoms with Crippen LogP contribution in [0.15, 0.2) is 24.3 Å². The fraction of sp³-hybridized carbons (Fsp3) is 0.562. The Bertz CT molecular complexity index is 458. The van der Waals surface area contributed by atoms with E-state index in [-0.39, 0.29) is 11.8 Å². The first-order chi connectivity index (χ1) is 9.00. The maximum Gasteiger partial charge on any atom is 0.179 e. The van der Waals surface area contributed by atoms with Crippen molar-refractivity contribution in [3.63, 3.8) is 0 Å². The van der Waals surface area contributed by atoms with E-state index < -0.39 is 0 Å². The molecule has 0 radical (unpaired) electrons. The minimum Gasteiger partial charge on any atom is -0.292 e. The number of carbonyl (C=O) groups excluding carboxylic acids is 1. The molecule has 1 fully saturated rings. The third-order valence-electron chi connectivity index (χ3n) is 4.10. The first kappa shape index (κ1) is 14.5. The van der Waals surface area contributed by atoms with E-state index >= 15 is 0 Å². The van der Waals surface area contributed by atoms with Crippen LogP contribution < -0.4 is 0 Å². The molecule has 2 rings (SSSR count). The normalized spacial score (nSPS) is 21.8. The van der Waals surface area contributed by atoms with Crippen molar-refractivity contribution in [3.05, 3.63) is 34.9 Å². The zero-order valence-corrected chi connectivity index (χ0v) is 12.7. The van der Waals surface area contributed by atoms with E-state index in [2.05, 4.69) is 18.7 Å². The van der Waals surface area contributed by atoms with E-state index in [1.54, 1.807) is 12.1 Å². The van der Waals surface area contributed by atoms with Crippen molar-refractivity contribution in [1.82, 2.24) is 4.90 Å². The molecule has 1 aliphatic heterocycles. The SMILES string of the molecule is CC(C)C1CCCN1C(C)C(=O)c1cccc(Cl)c1. The molecule has 0 saturated carbocycles. The maximum atomic E-state index is 12.6. The Kier molecular flexibility index (Phi) is 4.64. The molecule has 104 valence electrons. The zero-order valence-electron chi connectivity index (χ0n) is 11.9. The predicted molar refractivity (Wildman–Crippen MR) is 79.8 cm³/mol. The molecule has 1 aromatic rings.